The summed E-state index contributed by atoms with van der Waals surface area (Å²) in [5.74, 6) is 0. The van der Waals surface area contributed by atoms with Gasteiger partial charge in [0.1, 0.15) is 0 Å². The second-order valence-corrected chi connectivity index (χ2v) is 4.62. The molecule has 2 radical (unpaired) electrons. The van der Waals surface area contributed by atoms with E-state index in [1.807, 2.05) is 42.5 Å². The molecule has 0 heteroatoms. The van der Waals surface area contributed by atoms with Crippen molar-refractivity contribution in [2.45, 2.75) is 26.2 Å². The van der Waals surface area contributed by atoms with Gasteiger partial charge in [-0.15, -0.1) is 0 Å². The molecule has 0 heterocycles. The van der Waals surface area contributed by atoms with Gasteiger partial charge in [-0.1, -0.05) is 75.4 Å². The van der Waals surface area contributed by atoms with Gasteiger partial charge in [0, 0.05) is 0 Å². The van der Waals surface area contributed by atoms with Crippen LogP contribution in [0.1, 0.15) is 26.3 Å². The van der Waals surface area contributed by atoms with Crippen molar-refractivity contribution in [1.82, 2.24) is 0 Å². The van der Waals surface area contributed by atoms with Crippen molar-refractivity contribution in [3.05, 3.63) is 72.3 Å². The molecule has 0 amide bonds. The van der Waals surface area contributed by atoms with Crippen LogP contribution in [0, 0.1) is 12.1 Å². The van der Waals surface area contributed by atoms with Gasteiger partial charge in [0.25, 0.3) is 0 Å². The topological polar surface area (TPSA) is 0 Å². The zero-order valence-corrected chi connectivity index (χ0v) is 10.2. The lowest BCUT2D eigenvalue weighted by atomic mass is 9.87. The van der Waals surface area contributed by atoms with E-state index in [9.17, 15) is 0 Å². The maximum Gasteiger partial charge on any atom is -0.0132 e. The highest BCUT2D eigenvalue weighted by Gasteiger charge is 2.11. The summed E-state index contributed by atoms with van der Waals surface area (Å²) in [6.07, 6.45) is 0. The van der Waals surface area contributed by atoms with Gasteiger partial charge in [-0.05, 0) is 23.1 Å². The molecule has 0 aliphatic rings. The Morgan fingerprint density at radius 3 is 1.50 bits per heavy atom. The Bertz CT molecular complexity index is 341. The van der Waals surface area contributed by atoms with Crippen LogP contribution in [0.4, 0.5) is 0 Å². The molecule has 0 unspecified atom stereocenters. The molecule has 0 nitrogen and oxygen atoms in total. The molecule has 2 aromatic carbocycles. The predicted octanol–water partition coefficient (Wildman–Crippen LogP) is 4.27. The molecule has 0 aliphatic carbocycles. The first-order valence-electron chi connectivity index (χ1n) is 5.48. The van der Waals surface area contributed by atoms with E-state index in [-0.39, 0.29) is 5.41 Å². The lowest BCUT2D eigenvalue weighted by Crippen LogP contribution is -2.10. The fraction of sp³-hybridized carbons (Fsp3) is 0.250. The molecular formula is C16H18. The molecule has 2 aromatic rings. The first-order chi connectivity index (χ1) is 7.61. The van der Waals surface area contributed by atoms with Crippen LogP contribution in [0.25, 0.3) is 0 Å². The van der Waals surface area contributed by atoms with Crippen molar-refractivity contribution in [2.75, 3.05) is 0 Å². The number of hydrogen-bond acceptors (Lipinski definition) is 0. The molecule has 0 aliphatic heterocycles. The standard InChI is InChI=1S/C10H13.C6H5/c1-10(2,3)9-7-5-4-6-8-9;1-2-4-6-5-3-1/h5-8H,1-3H3;1-5H. The van der Waals surface area contributed by atoms with Crippen LogP contribution in [0.3, 0.4) is 0 Å². The van der Waals surface area contributed by atoms with E-state index in [2.05, 4.69) is 45.0 Å². The second kappa shape index (κ2) is 6.12. The predicted molar refractivity (Wildman–Crippen MR) is 69.3 cm³/mol. The molecule has 0 aromatic heterocycles. The molecule has 0 N–H and O–H groups in total. The molecular weight excluding hydrogens is 192 g/mol. The quantitative estimate of drug-likeness (QED) is 0.609. The average Bonchev–Trinajstić information content (AvgIpc) is 2.32. The Labute approximate surface area is 99.0 Å². The first-order valence-corrected chi connectivity index (χ1v) is 5.48. The number of hydrogen-bond donors (Lipinski definition) is 0. The summed E-state index contributed by atoms with van der Waals surface area (Å²) in [5.41, 5.74) is 1.64. The second-order valence-electron chi connectivity index (χ2n) is 4.62. The molecule has 0 atom stereocenters. The minimum Gasteiger partial charge on any atom is -0.0622 e. The highest BCUT2D eigenvalue weighted by molar-refractivity contribution is 5.21. The van der Waals surface area contributed by atoms with E-state index in [1.54, 1.807) is 0 Å². The van der Waals surface area contributed by atoms with E-state index < -0.39 is 0 Å². The Balaban J connectivity index is 0.000000181. The zero-order valence-electron chi connectivity index (χ0n) is 10.2. The Kier molecular flexibility index (Phi) is 4.78. The van der Waals surface area contributed by atoms with Crippen LogP contribution in [0.5, 0.6) is 0 Å². The maximum atomic E-state index is 3.00. The average molecular weight is 210 g/mol. The summed E-state index contributed by atoms with van der Waals surface area (Å²) in [5, 5.41) is 0. The van der Waals surface area contributed by atoms with Gasteiger partial charge in [-0.25, -0.2) is 0 Å². The Hall–Kier alpha value is -1.56. The minimum atomic E-state index is 0.273. The summed E-state index contributed by atoms with van der Waals surface area (Å²) in [4.78, 5) is 0. The zero-order chi connectivity index (χ0) is 11.9. The normalized spacial score (nSPS) is 10.2. The fourth-order valence-corrected chi connectivity index (χ4v) is 1.23. The first kappa shape index (κ1) is 12.5. The van der Waals surface area contributed by atoms with Crippen LogP contribution in [0.2, 0.25) is 0 Å². The fourth-order valence-electron chi connectivity index (χ4n) is 1.23. The van der Waals surface area contributed by atoms with Gasteiger partial charge < -0.3 is 0 Å². The van der Waals surface area contributed by atoms with Crippen molar-refractivity contribution in [2.24, 2.45) is 0 Å². The molecule has 82 valence electrons. The van der Waals surface area contributed by atoms with Crippen molar-refractivity contribution in [3.63, 3.8) is 0 Å². The number of benzene rings is 2. The summed E-state index contributed by atoms with van der Waals surface area (Å²) < 4.78 is 0. The smallest absolute Gasteiger partial charge is 0.0132 e. The van der Waals surface area contributed by atoms with Crippen molar-refractivity contribution >= 4 is 0 Å². The number of rotatable bonds is 0. The minimum absolute atomic E-state index is 0.273. The van der Waals surface area contributed by atoms with E-state index in [0.717, 1.165) is 0 Å². The summed E-state index contributed by atoms with van der Waals surface area (Å²) >= 11 is 0. The van der Waals surface area contributed by atoms with Gasteiger partial charge in [-0.3, -0.25) is 0 Å². The molecule has 0 bridgehead atoms. The molecule has 0 spiro atoms. The van der Waals surface area contributed by atoms with Crippen molar-refractivity contribution in [1.29, 1.82) is 0 Å². The Morgan fingerprint density at radius 1 is 0.750 bits per heavy atom. The van der Waals surface area contributed by atoms with Crippen molar-refractivity contribution in [3.8, 4) is 0 Å². The van der Waals surface area contributed by atoms with Crippen LogP contribution >= 0.6 is 0 Å². The monoisotopic (exact) mass is 210 g/mol. The van der Waals surface area contributed by atoms with Gasteiger partial charge in [0.15, 0.2) is 0 Å². The van der Waals surface area contributed by atoms with Gasteiger partial charge in [0.2, 0.25) is 0 Å². The third-order valence-electron chi connectivity index (χ3n) is 2.19. The van der Waals surface area contributed by atoms with E-state index in [1.165, 1.54) is 5.56 Å². The molecule has 0 saturated heterocycles. The van der Waals surface area contributed by atoms with Crippen LogP contribution in [-0.4, -0.2) is 0 Å². The summed E-state index contributed by atoms with van der Waals surface area (Å²) in [7, 11) is 0. The van der Waals surface area contributed by atoms with E-state index >= 15 is 0 Å². The van der Waals surface area contributed by atoms with Gasteiger partial charge in [0.05, 0.1) is 0 Å². The largest absolute Gasteiger partial charge is 0.0622 e. The molecule has 0 saturated carbocycles. The van der Waals surface area contributed by atoms with Crippen LogP contribution < -0.4 is 0 Å². The SMILES string of the molecule is CC(C)(C)c1cc[c]cc1.[c]1ccccc1. The van der Waals surface area contributed by atoms with Gasteiger partial charge in [-0.2, -0.15) is 0 Å². The van der Waals surface area contributed by atoms with Gasteiger partial charge >= 0.3 is 0 Å². The summed E-state index contributed by atoms with van der Waals surface area (Å²) in [6, 6.07) is 23.6. The Morgan fingerprint density at radius 2 is 1.25 bits per heavy atom. The van der Waals surface area contributed by atoms with E-state index in [0.29, 0.717) is 0 Å². The highest BCUT2D eigenvalue weighted by Crippen LogP contribution is 2.20. The van der Waals surface area contributed by atoms with E-state index in [4.69, 9.17) is 0 Å². The third-order valence-corrected chi connectivity index (χ3v) is 2.19. The highest BCUT2D eigenvalue weighted by atomic mass is 14.2. The third kappa shape index (κ3) is 4.79. The summed E-state index contributed by atoms with van der Waals surface area (Å²) in [6.45, 7) is 6.63. The lowest BCUT2D eigenvalue weighted by Gasteiger charge is -2.17. The molecule has 2 rings (SSSR count). The lowest BCUT2D eigenvalue weighted by molar-refractivity contribution is 0.590. The van der Waals surface area contributed by atoms with Crippen molar-refractivity contribution < 1.29 is 0 Å². The molecule has 16 heavy (non-hydrogen) atoms. The van der Waals surface area contributed by atoms with Crippen LogP contribution in [0.15, 0.2) is 54.6 Å². The molecule has 0 fully saturated rings. The van der Waals surface area contributed by atoms with Crippen LogP contribution in [-0.2, 0) is 5.41 Å². The maximum absolute atomic E-state index is 3.00.